The number of aliphatic hydroxyl groups is 2. The van der Waals surface area contributed by atoms with Crippen LogP contribution >= 0.6 is 11.6 Å². The number of ether oxygens (including phenoxy) is 2. The zero-order chi connectivity index (χ0) is 18.7. The molecule has 2 aromatic rings. The van der Waals surface area contributed by atoms with Gasteiger partial charge in [-0.2, -0.15) is 0 Å². The normalized spacial score (nSPS) is 25.9. The van der Waals surface area contributed by atoms with Crippen LogP contribution in [0, 0.1) is 0 Å². The minimum atomic E-state index is -0.845. The maximum atomic E-state index is 10.0. The largest absolute Gasteiger partial charge is 0.494 e. The fourth-order valence-corrected chi connectivity index (χ4v) is 3.49. The van der Waals surface area contributed by atoms with Crippen molar-refractivity contribution in [2.24, 2.45) is 0 Å². The van der Waals surface area contributed by atoms with E-state index >= 15 is 0 Å². The molecule has 5 heteroatoms. The summed E-state index contributed by atoms with van der Waals surface area (Å²) in [6.07, 6.45) is -1.22. The molecule has 4 nitrogen and oxygen atoms in total. The maximum Gasteiger partial charge on any atom is 0.119 e. The van der Waals surface area contributed by atoms with Gasteiger partial charge in [-0.15, -0.1) is 0 Å². The van der Waals surface area contributed by atoms with Gasteiger partial charge in [0.15, 0.2) is 0 Å². The minimum Gasteiger partial charge on any atom is -0.494 e. The van der Waals surface area contributed by atoms with E-state index in [1.165, 1.54) is 0 Å². The Kier molecular flexibility index (Phi) is 6.20. The van der Waals surface area contributed by atoms with Crippen molar-refractivity contribution in [3.8, 4) is 5.75 Å². The van der Waals surface area contributed by atoms with Gasteiger partial charge in [0.25, 0.3) is 0 Å². The molecule has 0 aliphatic carbocycles. The summed E-state index contributed by atoms with van der Waals surface area (Å²) in [7, 11) is 0. The lowest BCUT2D eigenvalue weighted by molar-refractivity contribution is -0.163. The van der Waals surface area contributed by atoms with Crippen molar-refractivity contribution in [2.45, 2.75) is 51.1 Å². The fraction of sp³-hybridized carbons (Fsp3) is 0.429. The van der Waals surface area contributed by atoms with Gasteiger partial charge in [0.1, 0.15) is 11.9 Å². The van der Waals surface area contributed by atoms with Gasteiger partial charge in [0.05, 0.1) is 24.9 Å². The second-order valence-electron chi connectivity index (χ2n) is 6.73. The first kappa shape index (κ1) is 19.2. The van der Waals surface area contributed by atoms with Crippen LogP contribution in [-0.2, 0) is 11.2 Å². The summed E-state index contributed by atoms with van der Waals surface area (Å²) < 4.78 is 11.3. The first-order valence-corrected chi connectivity index (χ1v) is 9.37. The molecule has 0 unspecified atom stereocenters. The summed E-state index contributed by atoms with van der Waals surface area (Å²) >= 11 is 6.39. The van der Waals surface area contributed by atoms with Crippen molar-refractivity contribution in [2.75, 3.05) is 6.61 Å². The van der Waals surface area contributed by atoms with Crippen molar-refractivity contribution >= 4 is 11.6 Å². The zero-order valence-electron chi connectivity index (χ0n) is 15.1. The third-order valence-electron chi connectivity index (χ3n) is 4.78. The second-order valence-corrected chi connectivity index (χ2v) is 7.14. The third-order valence-corrected chi connectivity index (χ3v) is 5.15. The molecule has 2 N–H and O–H groups in total. The number of benzene rings is 2. The maximum absolute atomic E-state index is 10.0. The number of aliphatic hydroxyl groups excluding tert-OH is 2. The molecule has 1 heterocycles. The monoisotopic (exact) mass is 376 g/mol. The van der Waals surface area contributed by atoms with E-state index in [4.69, 9.17) is 21.1 Å². The van der Waals surface area contributed by atoms with Crippen LogP contribution in [0.4, 0.5) is 0 Å². The molecule has 0 radical (unpaired) electrons. The minimum absolute atomic E-state index is 0.250. The molecule has 3 rings (SSSR count). The molecule has 0 aromatic heterocycles. The van der Waals surface area contributed by atoms with E-state index in [2.05, 4.69) is 0 Å². The lowest BCUT2D eigenvalue weighted by atomic mass is 9.93. The van der Waals surface area contributed by atoms with Crippen LogP contribution in [0.15, 0.2) is 42.5 Å². The number of halogens is 1. The molecule has 140 valence electrons. The Bertz CT molecular complexity index is 719. The van der Waals surface area contributed by atoms with Gasteiger partial charge < -0.3 is 19.7 Å². The molecule has 0 spiro atoms. The first-order valence-electron chi connectivity index (χ1n) is 8.99. The smallest absolute Gasteiger partial charge is 0.119 e. The summed E-state index contributed by atoms with van der Waals surface area (Å²) in [5.41, 5.74) is 3.11. The predicted molar refractivity (Wildman–Crippen MR) is 102 cm³/mol. The molecule has 0 saturated carbocycles. The van der Waals surface area contributed by atoms with Gasteiger partial charge in [-0.3, -0.25) is 0 Å². The Morgan fingerprint density at radius 2 is 1.88 bits per heavy atom. The van der Waals surface area contributed by atoms with Gasteiger partial charge in [-0.25, -0.2) is 0 Å². The van der Waals surface area contributed by atoms with Crippen molar-refractivity contribution in [3.05, 3.63) is 64.2 Å². The van der Waals surface area contributed by atoms with Crippen LogP contribution in [0.25, 0.3) is 0 Å². The van der Waals surface area contributed by atoms with E-state index < -0.39 is 18.3 Å². The average Bonchev–Trinajstić information content (AvgIpc) is 2.63. The average molecular weight is 377 g/mol. The van der Waals surface area contributed by atoms with E-state index in [9.17, 15) is 10.2 Å². The third kappa shape index (κ3) is 4.38. The molecule has 4 atom stereocenters. The molecule has 1 saturated heterocycles. The molecule has 0 bridgehead atoms. The standard InChI is InChI=1S/C21H25ClO4/c1-3-25-17-7-4-14(5-8-17)10-16-11-15(6-9-18(16)22)20-12-19(23)21(24)13(2)26-20/h4-9,11,13,19-21,23-24H,3,10,12H2,1-2H3/t13-,19-,20-,21-/m1/s1. The summed E-state index contributed by atoms with van der Waals surface area (Å²) in [6, 6.07) is 13.8. The highest BCUT2D eigenvalue weighted by Crippen LogP contribution is 2.34. The van der Waals surface area contributed by atoms with E-state index in [-0.39, 0.29) is 6.10 Å². The Labute approximate surface area is 159 Å². The van der Waals surface area contributed by atoms with Crippen molar-refractivity contribution in [1.29, 1.82) is 0 Å². The highest BCUT2D eigenvalue weighted by Gasteiger charge is 2.34. The van der Waals surface area contributed by atoms with E-state index in [0.29, 0.717) is 24.5 Å². The topological polar surface area (TPSA) is 58.9 Å². The Morgan fingerprint density at radius 1 is 1.15 bits per heavy atom. The van der Waals surface area contributed by atoms with E-state index in [0.717, 1.165) is 22.4 Å². The lowest BCUT2D eigenvalue weighted by Gasteiger charge is -2.35. The molecule has 1 aliphatic heterocycles. The molecule has 2 aromatic carbocycles. The predicted octanol–water partition coefficient (Wildman–Crippen LogP) is 3.90. The molecule has 1 fully saturated rings. The molecular formula is C21H25ClO4. The Hall–Kier alpha value is -1.59. The quantitative estimate of drug-likeness (QED) is 0.830. The van der Waals surface area contributed by atoms with Crippen LogP contribution < -0.4 is 4.74 Å². The SMILES string of the molecule is CCOc1ccc(Cc2cc([C@H]3C[C@@H](O)[C@H](O)[C@@H](C)O3)ccc2Cl)cc1. The van der Waals surface area contributed by atoms with Gasteiger partial charge in [-0.05, 0) is 55.2 Å². The Morgan fingerprint density at radius 3 is 2.54 bits per heavy atom. The van der Waals surface area contributed by atoms with Crippen LogP contribution in [0.5, 0.6) is 5.75 Å². The highest BCUT2D eigenvalue weighted by molar-refractivity contribution is 6.31. The lowest BCUT2D eigenvalue weighted by Crippen LogP contribution is -2.43. The van der Waals surface area contributed by atoms with Crippen LogP contribution in [-0.4, -0.2) is 35.1 Å². The van der Waals surface area contributed by atoms with Crippen LogP contribution in [0.1, 0.15) is 43.1 Å². The number of hydrogen-bond donors (Lipinski definition) is 2. The summed E-state index contributed by atoms with van der Waals surface area (Å²) in [4.78, 5) is 0. The number of hydrogen-bond acceptors (Lipinski definition) is 4. The zero-order valence-corrected chi connectivity index (χ0v) is 15.8. The van der Waals surface area contributed by atoms with Gasteiger partial charge in [-0.1, -0.05) is 35.9 Å². The molecular weight excluding hydrogens is 352 g/mol. The summed E-state index contributed by atoms with van der Waals surface area (Å²) in [5.74, 6) is 0.855. The second kappa shape index (κ2) is 8.40. The summed E-state index contributed by atoms with van der Waals surface area (Å²) in [6.45, 7) is 4.38. The van der Waals surface area contributed by atoms with Gasteiger partial charge >= 0.3 is 0 Å². The summed E-state index contributed by atoms with van der Waals surface area (Å²) in [5, 5.41) is 20.6. The van der Waals surface area contributed by atoms with Gasteiger partial charge in [0, 0.05) is 11.4 Å². The van der Waals surface area contributed by atoms with Crippen LogP contribution in [0.3, 0.4) is 0 Å². The Balaban J connectivity index is 1.77. The van der Waals surface area contributed by atoms with Gasteiger partial charge in [0.2, 0.25) is 0 Å². The van der Waals surface area contributed by atoms with Crippen molar-refractivity contribution in [3.63, 3.8) is 0 Å². The van der Waals surface area contributed by atoms with Crippen LogP contribution in [0.2, 0.25) is 5.02 Å². The van der Waals surface area contributed by atoms with E-state index in [1.807, 2.05) is 49.4 Å². The van der Waals surface area contributed by atoms with Crippen molar-refractivity contribution in [1.82, 2.24) is 0 Å². The number of rotatable bonds is 5. The fourth-order valence-electron chi connectivity index (χ4n) is 3.30. The first-order chi connectivity index (χ1) is 12.5. The van der Waals surface area contributed by atoms with E-state index in [1.54, 1.807) is 6.92 Å². The van der Waals surface area contributed by atoms with Crippen molar-refractivity contribution < 1.29 is 19.7 Å². The molecule has 1 aliphatic rings. The molecule has 0 amide bonds. The highest BCUT2D eigenvalue weighted by atomic mass is 35.5. The molecule has 26 heavy (non-hydrogen) atoms.